The molecule has 5 heteroatoms. The van der Waals surface area contributed by atoms with E-state index in [9.17, 15) is 4.79 Å². The SMILES string of the molecule is Cn1cccc1C1COCCN1C(=O)c1cc2ccccc2[nH]1. The normalized spacial score (nSPS) is 18.5. The molecule has 1 aliphatic rings. The molecule has 3 heterocycles. The topological polar surface area (TPSA) is 50.3 Å². The zero-order chi connectivity index (χ0) is 15.8. The van der Waals surface area contributed by atoms with Crippen LogP contribution in [0, 0.1) is 0 Å². The number of para-hydroxylation sites is 1. The van der Waals surface area contributed by atoms with Crippen molar-refractivity contribution in [2.24, 2.45) is 7.05 Å². The summed E-state index contributed by atoms with van der Waals surface area (Å²) in [7, 11) is 2.00. The van der Waals surface area contributed by atoms with Gasteiger partial charge in [0.25, 0.3) is 5.91 Å². The number of carbonyl (C=O) groups excluding carboxylic acids is 1. The van der Waals surface area contributed by atoms with Gasteiger partial charge in [0.15, 0.2) is 0 Å². The minimum atomic E-state index is -0.0531. The first-order chi connectivity index (χ1) is 11.2. The highest BCUT2D eigenvalue weighted by atomic mass is 16.5. The maximum Gasteiger partial charge on any atom is 0.271 e. The van der Waals surface area contributed by atoms with Crippen molar-refractivity contribution in [3.63, 3.8) is 0 Å². The quantitative estimate of drug-likeness (QED) is 0.791. The van der Waals surface area contributed by atoms with Gasteiger partial charge in [0.05, 0.1) is 19.3 Å². The van der Waals surface area contributed by atoms with E-state index >= 15 is 0 Å². The summed E-state index contributed by atoms with van der Waals surface area (Å²) in [4.78, 5) is 18.2. The Bertz CT molecular complexity index is 816. The predicted molar refractivity (Wildman–Crippen MR) is 88.3 cm³/mol. The lowest BCUT2D eigenvalue weighted by molar-refractivity contribution is -0.00488. The molecule has 0 radical (unpaired) electrons. The summed E-state index contributed by atoms with van der Waals surface area (Å²) in [6.45, 7) is 1.71. The van der Waals surface area contributed by atoms with Gasteiger partial charge in [-0.25, -0.2) is 0 Å². The predicted octanol–water partition coefficient (Wildman–Crippen LogP) is 2.72. The van der Waals surface area contributed by atoms with Gasteiger partial charge in [0, 0.05) is 36.4 Å². The van der Waals surface area contributed by atoms with Crippen LogP contribution in [0.2, 0.25) is 0 Å². The van der Waals surface area contributed by atoms with Crippen LogP contribution in [0.15, 0.2) is 48.7 Å². The monoisotopic (exact) mass is 309 g/mol. The molecule has 1 atom stereocenters. The highest BCUT2D eigenvalue weighted by molar-refractivity contribution is 5.98. The Kier molecular flexibility index (Phi) is 3.42. The van der Waals surface area contributed by atoms with Crippen LogP contribution in [0.1, 0.15) is 22.2 Å². The number of morpholine rings is 1. The van der Waals surface area contributed by atoms with Crippen LogP contribution >= 0.6 is 0 Å². The van der Waals surface area contributed by atoms with Crippen molar-refractivity contribution < 1.29 is 9.53 Å². The molecule has 4 rings (SSSR count). The van der Waals surface area contributed by atoms with Crippen molar-refractivity contribution in [2.45, 2.75) is 6.04 Å². The minimum Gasteiger partial charge on any atom is -0.377 e. The number of aryl methyl sites for hydroxylation is 1. The molecule has 0 bridgehead atoms. The third kappa shape index (κ3) is 2.43. The van der Waals surface area contributed by atoms with E-state index in [0.29, 0.717) is 25.5 Å². The van der Waals surface area contributed by atoms with E-state index in [2.05, 4.69) is 4.98 Å². The number of aromatic nitrogens is 2. The van der Waals surface area contributed by atoms with Gasteiger partial charge in [0.2, 0.25) is 0 Å². The van der Waals surface area contributed by atoms with E-state index in [4.69, 9.17) is 4.74 Å². The number of ether oxygens (including phenoxy) is 1. The zero-order valence-corrected chi connectivity index (χ0v) is 13.0. The molecular formula is C18H19N3O2. The third-order valence-corrected chi connectivity index (χ3v) is 4.48. The van der Waals surface area contributed by atoms with Crippen molar-refractivity contribution in [2.75, 3.05) is 19.8 Å². The Morgan fingerprint density at radius 3 is 2.91 bits per heavy atom. The summed E-state index contributed by atoms with van der Waals surface area (Å²) in [5.74, 6) is 0.0238. The fourth-order valence-electron chi connectivity index (χ4n) is 3.26. The van der Waals surface area contributed by atoms with Gasteiger partial charge in [0.1, 0.15) is 5.69 Å². The first kappa shape index (κ1) is 14.1. The van der Waals surface area contributed by atoms with E-state index in [-0.39, 0.29) is 11.9 Å². The molecule has 5 nitrogen and oxygen atoms in total. The maximum absolute atomic E-state index is 13.0. The van der Waals surface area contributed by atoms with Crippen LogP contribution in [0.5, 0.6) is 0 Å². The van der Waals surface area contributed by atoms with Crippen LogP contribution in [-0.2, 0) is 11.8 Å². The van der Waals surface area contributed by atoms with Crippen LogP contribution in [-0.4, -0.2) is 40.1 Å². The van der Waals surface area contributed by atoms with Crippen molar-refractivity contribution in [1.82, 2.24) is 14.5 Å². The number of H-pyrrole nitrogens is 1. The standard InChI is InChI=1S/C18H19N3O2/c1-20-8-4-7-16(20)17-12-23-10-9-21(17)18(22)15-11-13-5-2-3-6-14(13)19-15/h2-8,11,17,19H,9-10,12H2,1H3. The molecule has 0 saturated carbocycles. The average Bonchev–Trinajstić information content (AvgIpc) is 3.20. The lowest BCUT2D eigenvalue weighted by Gasteiger charge is -2.35. The summed E-state index contributed by atoms with van der Waals surface area (Å²) >= 11 is 0. The number of benzene rings is 1. The Labute approximate surface area is 134 Å². The average molecular weight is 309 g/mol. The second kappa shape index (κ2) is 5.59. The largest absolute Gasteiger partial charge is 0.377 e. The second-order valence-corrected chi connectivity index (χ2v) is 5.90. The van der Waals surface area contributed by atoms with Crippen LogP contribution in [0.4, 0.5) is 0 Å². The number of hydrogen-bond donors (Lipinski definition) is 1. The zero-order valence-electron chi connectivity index (χ0n) is 13.0. The Hall–Kier alpha value is -2.53. The summed E-state index contributed by atoms with van der Waals surface area (Å²) in [5.41, 5.74) is 2.71. The van der Waals surface area contributed by atoms with Gasteiger partial charge < -0.3 is 19.2 Å². The summed E-state index contributed by atoms with van der Waals surface area (Å²) in [6.07, 6.45) is 2.00. The number of aromatic amines is 1. The molecule has 23 heavy (non-hydrogen) atoms. The Morgan fingerprint density at radius 1 is 1.26 bits per heavy atom. The molecule has 1 fully saturated rings. The van der Waals surface area contributed by atoms with Crippen LogP contribution in [0.3, 0.4) is 0 Å². The molecule has 1 amide bonds. The van der Waals surface area contributed by atoms with Gasteiger partial charge in [-0.3, -0.25) is 4.79 Å². The molecule has 1 N–H and O–H groups in total. The van der Waals surface area contributed by atoms with E-state index in [1.54, 1.807) is 0 Å². The van der Waals surface area contributed by atoms with E-state index in [1.165, 1.54) is 0 Å². The molecule has 1 aromatic carbocycles. The number of nitrogens with one attached hydrogen (secondary N) is 1. The number of fused-ring (bicyclic) bond motifs is 1. The van der Waals surface area contributed by atoms with E-state index in [1.807, 2.05) is 65.2 Å². The van der Waals surface area contributed by atoms with Gasteiger partial charge in [-0.2, -0.15) is 0 Å². The highest BCUT2D eigenvalue weighted by Crippen LogP contribution is 2.26. The number of hydrogen-bond acceptors (Lipinski definition) is 2. The molecule has 3 aromatic rings. The maximum atomic E-state index is 13.0. The Morgan fingerprint density at radius 2 is 2.13 bits per heavy atom. The number of carbonyl (C=O) groups is 1. The second-order valence-electron chi connectivity index (χ2n) is 5.90. The lowest BCUT2D eigenvalue weighted by atomic mass is 10.1. The number of amides is 1. The van der Waals surface area contributed by atoms with Crippen molar-refractivity contribution in [3.05, 3.63) is 60.0 Å². The molecule has 1 saturated heterocycles. The molecule has 2 aromatic heterocycles. The molecule has 0 aliphatic carbocycles. The molecule has 118 valence electrons. The fourth-order valence-corrected chi connectivity index (χ4v) is 3.26. The van der Waals surface area contributed by atoms with Gasteiger partial charge >= 0.3 is 0 Å². The Balaban J connectivity index is 1.68. The minimum absolute atomic E-state index is 0.0238. The van der Waals surface area contributed by atoms with Crippen molar-refractivity contribution >= 4 is 16.8 Å². The van der Waals surface area contributed by atoms with Crippen LogP contribution in [0.25, 0.3) is 10.9 Å². The summed E-state index contributed by atoms with van der Waals surface area (Å²) < 4.78 is 7.67. The van der Waals surface area contributed by atoms with Gasteiger partial charge in [-0.05, 0) is 24.3 Å². The lowest BCUT2D eigenvalue weighted by Crippen LogP contribution is -2.44. The molecule has 0 spiro atoms. The summed E-state index contributed by atoms with van der Waals surface area (Å²) in [5, 5.41) is 1.06. The molecule has 1 unspecified atom stereocenters. The summed E-state index contributed by atoms with van der Waals surface area (Å²) in [6, 6.07) is 13.9. The number of rotatable bonds is 2. The first-order valence-corrected chi connectivity index (χ1v) is 7.82. The third-order valence-electron chi connectivity index (χ3n) is 4.48. The van der Waals surface area contributed by atoms with Crippen molar-refractivity contribution in [3.8, 4) is 0 Å². The molecular weight excluding hydrogens is 290 g/mol. The van der Waals surface area contributed by atoms with Gasteiger partial charge in [-0.15, -0.1) is 0 Å². The molecule has 1 aliphatic heterocycles. The smallest absolute Gasteiger partial charge is 0.271 e. The number of nitrogens with zero attached hydrogens (tertiary/aromatic N) is 2. The van der Waals surface area contributed by atoms with E-state index in [0.717, 1.165) is 16.6 Å². The highest BCUT2D eigenvalue weighted by Gasteiger charge is 2.31. The van der Waals surface area contributed by atoms with Crippen molar-refractivity contribution in [1.29, 1.82) is 0 Å². The van der Waals surface area contributed by atoms with E-state index < -0.39 is 0 Å². The van der Waals surface area contributed by atoms with Crippen LogP contribution < -0.4 is 0 Å². The fraction of sp³-hybridized carbons (Fsp3) is 0.278. The van der Waals surface area contributed by atoms with Gasteiger partial charge in [-0.1, -0.05) is 18.2 Å². The first-order valence-electron chi connectivity index (χ1n) is 7.82.